The number of ether oxygens (including phenoxy) is 2. The minimum atomic E-state index is -0.502. The van der Waals surface area contributed by atoms with Crippen LogP contribution in [-0.2, 0) is 25.5 Å². The Hall–Kier alpha value is -2.71. The Morgan fingerprint density at radius 2 is 1.79 bits per heavy atom. The molecule has 34 heavy (non-hydrogen) atoms. The summed E-state index contributed by atoms with van der Waals surface area (Å²) >= 11 is 3.12. The molecule has 2 aromatic carbocycles. The maximum absolute atomic E-state index is 13.2. The minimum absolute atomic E-state index is 0.0113. The van der Waals surface area contributed by atoms with Crippen LogP contribution in [0.5, 0.6) is 0 Å². The molecule has 4 atom stereocenters. The number of hydrogen-bond acceptors (Lipinski definition) is 6. The van der Waals surface area contributed by atoms with Crippen molar-refractivity contribution in [2.75, 3.05) is 24.3 Å². The molecule has 4 rings (SSSR count). The molecule has 0 saturated carbocycles. The maximum Gasteiger partial charge on any atom is 0.338 e. The van der Waals surface area contributed by atoms with Crippen molar-refractivity contribution in [1.29, 1.82) is 0 Å². The zero-order valence-electron chi connectivity index (χ0n) is 19.1. The lowest BCUT2D eigenvalue weighted by Crippen LogP contribution is -2.53. The van der Waals surface area contributed by atoms with Crippen molar-refractivity contribution < 1.29 is 23.9 Å². The van der Waals surface area contributed by atoms with Gasteiger partial charge in [-0.2, -0.15) is 0 Å². The highest BCUT2D eigenvalue weighted by Crippen LogP contribution is 2.40. The molecule has 2 saturated heterocycles. The number of benzene rings is 2. The van der Waals surface area contributed by atoms with Crippen LogP contribution in [-0.4, -0.2) is 59.9 Å². The Bertz CT molecular complexity index is 1010. The predicted octanol–water partition coefficient (Wildman–Crippen LogP) is 3.81. The zero-order valence-corrected chi connectivity index (χ0v) is 20.7. The van der Waals surface area contributed by atoms with Crippen LogP contribution in [0.4, 0.5) is 5.69 Å². The molecule has 0 spiro atoms. The predicted molar refractivity (Wildman–Crippen MR) is 132 cm³/mol. The molecule has 0 aliphatic carbocycles. The van der Waals surface area contributed by atoms with Crippen LogP contribution in [0.3, 0.4) is 0 Å². The molecule has 2 fully saturated rings. The number of esters is 2. The largest absolute Gasteiger partial charge is 0.465 e. The molecule has 1 N–H and O–H groups in total. The fourth-order valence-corrected chi connectivity index (χ4v) is 5.09. The van der Waals surface area contributed by atoms with E-state index < -0.39 is 18.0 Å². The van der Waals surface area contributed by atoms with E-state index in [4.69, 9.17) is 9.47 Å². The summed E-state index contributed by atoms with van der Waals surface area (Å²) in [6.07, 6.45) is 2.58. The normalized spacial score (nSPS) is 23.8. The lowest BCUT2D eigenvalue weighted by Gasteiger charge is -2.40. The second-order valence-electron chi connectivity index (χ2n) is 8.83. The first-order valence-corrected chi connectivity index (χ1v) is 12.7. The number of amides is 1. The Morgan fingerprint density at radius 3 is 2.50 bits per heavy atom. The summed E-state index contributed by atoms with van der Waals surface area (Å²) in [5, 5.41) is 3.01. The fourth-order valence-electron chi connectivity index (χ4n) is 4.95. The van der Waals surface area contributed by atoms with Crippen molar-refractivity contribution >= 4 is 39.5 Å². The molecule has 180 valence electrons. The van der Waals surface area contributed by atoms with E-state index in [-0.39, 0.29) is 29.9 Å². The van der Waals surface area contributed by atoms with E-state index >= 15 is 0 Å². The molecule has 2 aliphatic heterocycles. The third kappa shape index (κ3) is 5.67. The zero-order chi connectivity index (χ0) is 24.1. The lowest BCUT2D eigenvalue weighted by molar-refractivity contribution is -0.159. The molecule has 2 heterocycles. The molecule has 2 bridgehead atoms. The summed E-state index contributed by atoms with van der Waals surface area (Å²) < 4.78 is 11.5. The quantitative estimate of drug-likeness (QED) is 0.414. The third-order valence-corrected chi connectivity index (χ3v) is 7.26. The number of anilines is 1. The van der Waals surface area contributed by atoms with Crippen molar-refractivity contribution in [3.63, 3.8) is 0 Å². The van der Waals surface area contributed by atoms with E-state index in [1.54, 1.807) is 24.3 Å². The van der Waals surface area contributed by atoms with Crippen molar-refractivity contribution in [3.05, 3.63) is 65.7 Å². The summed E-state index contributed by atoms with van der Waals surface area (Å²) in [7, 11) is 2.04. The summed E-state index contributed by atoms with van der Waals surface area (Å²) in [5.41, 5.74) is 2.20. The van der Waals surface area contributed by atoms with Gasteiger partial charge in [-0.1, -0.05) is 46.3 Å². The van der Waals surface area contributed by atoms with E-state index in [1.807, 2.05) is 37.4 Å². The number of hydrogen-bond donors (Lipinski definition) is 1. The first-order valence-electron chi connectivity index (χ1n) is 11.6. The molecule has 2 aliphatic rings. The standard InChI is InChI=1S/C26H29BrN2O5/c1-29-20-11-12-21(29)24(22(15-20)34-25(31)18-5-3-2-4-6-18)26(32)33-14-13-17-7-9-19(10-8-17)28-23(30)16-27/h2-10,20-22,24H,11-16H2,1H3,(H,28,30)/t20-,21+,22-,24+/m0/s1. The number of carbonyl (C=O) groups excluding carboxylic acids is 3. The number of alkyl halides is 1. The van der Waals surface area contributed by atoms with E-state index in [0.29, 0.717) is 30.1 Å². The topological polar surface area (TPSA) is 84.9 Å². The van der Waals surface area contributed by atoms with E-state index in [2.05, 4.69) is 26.1 Å². The van der Waals surface area contributed by atoms with Gasteiger partial charge in [-0.15, -0.1) is 0 Å². The van der Waals surface area contributed by atoms with Crippen LogP contribution >= 0.6 is 15.9 Å². The van der Waals surface area contributed by atoms with Crippen LogP contribution in [0.2, 0.25) is 0 Å². The van der Waals surface area contributed by atoms with Crippen LogP contribution in [0.25, 0.3) is 0 Å². The summed E-state index contributed by atoms with van der Waals surface area (Å²) in [4.78, 5) is 39.6. The van der Waals surface area contributed by atoms with Gasteiger partial charge in [0, 0.05) is 30.6 Å². The minimum Gasteiger partial charge on any atom is -0.465 e. The van der Waals surface area contributed by atoms with Gasteiger partial charge in [0.15, 0.2) is 0 Å². The molecule has 1 amide bonds. The Labute approximate surface area is 207 Å². The molecule has 8 heteroatoms. The molecule has 7 nitrogen and oxygen atoms in total. The summed E-state index contributed by atoms with van der Waals surface area (Å²) in [6.45, 7) is 0.238. The number of rotatable bonds is 8. The maximum atomic E-state index is 13.2. The highest BCUT2D eigenvalue weighted by Gasteiger charge is 2.51. The molecule has 2 aromatic rings. The highest BCUT2D eigenvalue weighted by molar-refractivity contribution is 9.09. The van der Waals surface area contributed by atoms with Gasteiger partial charge in [-0.05, 0) is 49.7 Å². The van der Waals surface area contributed by atoms with Gasteiger partial charge < -0.3 is 14.8 Å². The first-order chi connectivity index (χ1) is 16.5. The Morgan fingerprint density at radius 1 is 1.06 bits per heavy atom. The molecule has 0 radical (unpaired) electrons. The number of piperidine rings is 1. The first kappa shape index (κ1) is 24.4. The van der Waals surface area contributed by atoms with E-state index in [1.165, 1.54) is 0 Å². The average Bonchev–Trinajstić information content (AvgIpc) is 3.08. The van der Waals surface area contributed by atoms with Crippen LogP contribution in [0.1, 0.15) is 35.2 Å². The second kappa shape index (κ2) is 11.1. The van der Waals surface area contributed by atoms with E-state index in [9.17, 15) is 14.4 Å². The van der Waals surface area contributed by atoms with Crippen molar-refractivity contribution in [3.8, 4) is 0 Å². The van der Waals surface area contributed by atoms with Gasteiger partial charge in [0.05, 0.1) is 17.5 Å². The van der Waals surface area contributed by atoms with Gasteiger partial charge in [0.25, 0.3) is 0 Å². The second-order valence-corrected chi connectivity index (χ2v) is 9.39. The van der Waals surface area contributed by atoms with E-state index in [0.717, 1.165) is 18.4 Å². The van der Waals surface area contributed by atoms with Crippen molar-refractivity contribution in [2.24, 2.45) is 5.92 Å². The van der Waals surface area contributed by atoms with Gasteiger partial charge in [0.2, 0.25) is 5.91 Å². The van der Waals surface area contributed by atoms with Gasteiger partial charge in [0.1, 0.15) is 12.0 Å². The molecule has 0 unspecified atom stereocenters. The summed E-state index contributed by atoms with van der Waals surface area (Å²) in [6, 6.07) is 16.6. The van der Waals surface area contributed by atoms with Crippen LogP contribution in [0, 0.1) is 5.92 Å². The van der Waals surface area contributed by atoms with Gasteiger partial charge >= 0.3 is 11.9 Å². The van der Waals surface area contributed by atoms with Crippen molar-refractivity contribution in [2.45, 2.75) is 43.9 Å². The van der Waals surface area contributed by atoms with Crippen LogP contribution in [0.15, 0.2) is 54.6 Å². The number of fused-ring (bicyclic) bond motifs is 2. The molecule has 0 aromatic heterocycles. The molecular formula is C26H29BrN2O5. The lowest BCUT2D eigenvalue weighted by atomic mass is 9.87. The SMILES string of the molecule is CN1[C@H]2CC[C@@H]1[C@@H](C(=O)OCCc1ccc(NC(=O)CBr)cc1)[C@@H](OC(=O)c1ccccc1)C2. The monoisotopic (exact) mass is 528 g/mol. The van der Waals surface area contributed by atoms with Crippen molar-refractivity contribution in [1.82, 2.24) is 4.90 Å². The fraction of sp³-hybridized carbons (Fsp3) is 0.423. The third-order valence-electron chi connectivity index (χ3n) is 6.75. The Balaban J connectivity index is 1.36. The number of nitrogens with one attached hydrogen (secondary N) is 1. The Kier molecular flexibility index (Phi) is 8.00. The molecular weight excluding hydrogens is 500 g/mol. The number of halogens is 1. The van der Waals surface area contributed by atoms with Gasteiger partial charge in [-0.3, -0.25) is 14.5 Å². The average molecular weight is 529 g/mol. The summed E-state index contributed by atoms with van der Waals surface area (Å²) in [5.74, 6) is -1.34. The number of carbonyl (C=O) groups is 3. The smallest absolute Gasteiger partial charge is 0.338 e. The van der Waals surface area contributed by atoms with Crippen LogP contribution < -0.4 is 5.32 Å². The van der Waals surface area contributed by atoms with Gasteiger partial charge in [-0.25, -0.2) is 4.79 Å². The number of nitrogens with zero attached hydrogens (tertiary/aromatic N) is 1. The highest BCUT2D eigenvalue weighted by atomic mass is 79.9.